The highest BCUT2D eigenvalue weighted by Gasteiger charge is 2.30. The Morgan fingerprint density at radius 3 is 2.67 bits per heavy atom. The molecule has 1 fully saturated rings. The quantitative estimate of drug-likeness (QED) is 0.437. The maximum atomic E-state index is 12.9. The van der Waals surface area contributed by atoms with E-state index in [2.05, 4.69) is 10.9 Å². The van der Waals surface area contributed by atoms with Crippen molar-refractivity contribution < 1.29 is 13.6 Å². The van der Waals surface area contributed by atoms with E-state index in [0.717, 1.165) is 20.5 Å². The van der Waals surface area contributed by atoms with Gasteiger partial charge in [-0.05, 0) is 25.3 Å². The molecular weight excluding hydrogens is 342 g/mol. The third-order valence-electron chi connectivity index (χ3n) is 3.98. The molecule has 0 aliphatic heterocycles. The molecule has 0 atom stereocenters. The lowest BCUT2D eigenvalue weighted by Crippen LogP contribution is -2.40. The smallest absolute Gasteiger partial charge is 0.294 e. The minimum atomic E-state index is -2.70. The first-order chi connectivity index (χ1) is 11.5. The molecule has 1 aliphatic carbocycles. The highest BCUT2D eigenvalue weighted by atomic mass is 32.1. The molecule has 1 aliphatic rings. The van der Waals surface area contributed by atoms with E-state index in [-0.39, 0.29) is 17.4 Å². The molecule has 1 saturated carbocycles. The number of rotatable bonds is 7. The summed E-state index contributed by atoms with van der Waals surface area (Å²) in [6.45, 7) is 1.20. The number of amides is 1. The van der Waals surface area contributed by atoms with E-state index < -0.39 is 24.2 Å². The molecule has 2 heterocycles. The maximum absolute atomic E-state index is 12.9. The Morgan fingerprint density at radius 1 is 1.38 bits per heavy atom. The first-order valence-electron chi connectivity index (χ1n) is 7.43. The van der Waals surface area contributed by atoms with Crippen LogP contribution in [0.5, 0.6) is 0 Å². The fourth-order valence-electron chi connectivity index (χ4n) is 2.71. The van der Waals surface area contributed by atoms with Gasteiger partial charge in [0.2, 0.25) is 6.41 Å². The number of carbonyl (C=O) groups is 1. The maximum Gasteiger partial charge on any atom is 0.332 e. The number of hydrogen-bond acceptors (Lipinski definition) is 5. The zero-order valence-electron chi connectivity index (χ0n) is 12.8. The van der Waals surface area contributed by atoms with Crippen LogP contribution in [0.1, 0.15) is 29.3 Å². The number of alkyl halides is 2. The van der Waals surface area contributed by atoms with Crippen LogP contribution in [-0.4, -0.2) is 22.0 Å². The van der Waals surface area contributed by atoms with Gasteiger partial charge in [-0.3, -0.25) is 24.1 Å². The first kappa shape index (κ1) is 16.8. The Morgan fingerprint density at radius 2 is 2.08 bits per heavy atom. The number of aryl methyl sites for hydroxylation is 1. The third kappa shape index (κ3) is 2.86. The molecule has 2 aromatic heterocycles. The van der Waals surface area contributed by atoms with Crippen molar-refractivity contribution in [3.63, 3.8) is 0 Å². The molecule has 7 nitrogen and oxygen atoms in total. The van der Waals surface area contributed by atoms with E-state index in [1.54, 1.807) is 6.92 Å². The van der Waals surface area contributed by atoms with E-state index in [0.29, 0.717) is 35.1 Å². The number of carbonyl (C=O) groups excluding carboxylic acids is 1. The molecule has 10 heteroatoms. The summed E-state index contributed by atoms with van der Waals surface area (Å²) in [6, 6.07) is -0.198. The number of halogens is 2. The molecule has 0 saturated heterocycles. The minimum Gasteiger partial charge on any atom is -0.294 e. The van der Waals surface area contributed by atoms with Gasteiger partial charge in [-0.1, -0.05) is 0 Å². The predicted octanol–water partition coefficient (Wildman–Crippen LogP) is 0.884. The second kappa shape index (κ2) is 6.44. The van der Waals surface area contributed by atoms with Crippen LogP contribution in [0.3, 0.4) is 0 Å². The normalized spacial score (nSPS) is 14.5. The monoisotopic (exact) mass is 358 g/mol. The Bertz CT molecular complexity index is 898. The second-order valence-electron chi connectivity index (χ2n) is 5.64. The predicted molar refractivity (Wildman–Crippen MR) is 85.4 cm³/mol. The fourth-order valence-corrected chi connectivity index (χ4v) is 3.94. The number of fused-ring (bicyclic) bond motifs is 1. The molecule has 0 radical (unpaired) electrons. The third-order valence-corrected chi connectivity index (χ3v) is 5.30. The summed E-state index contributed by atoms with van der Waals surface area (Å²) in [6.07, 6.45) is -0.821. The molecule has 0 bridgehead atoms. The van der Waals surface area contributed by atoms with Gasteiger partial charge in [-0.2, -0.15) is 0 Å². The first-order valence-corrected chi connectivity index (χ1v) is 8.24. The molecule has 3 rings (SSSR count). The summed E-state index contributed by atoms with van der Waals surface area (Å²) in [7, 11) is 0. The Labute approximate surface area is 138 Å². The van der Waals surface area contributed by atoms with Gasteiger partial charge in [0.15, 0.2) is 0 Å². The topological polar surface area (TPSA) is 85.1 Å². The standard InChI is InChI=1S/C14H16F2N4O3S/c1-7-9(4-17-18-6-21)24-13-11(7)12(22)20(8-2-3-8)14(23)19(13)5-10(15)16/h6,8,10,17H,2-5H2,1H3,(H,18,21). The number of hydrazine groups is 1. The van der Waals surface area contributed by atoms with Gasteiger partial charge in [0.25, 0.3) is 12.0 Å². The van der Waals surface area contributed by atoms with Gasteiger partial charge >= 0.3 is 5.69 Å². The van der Waals surface area contributed by atoms with E-state index >= 15 is 0 Å². The van der Waals surface area contributed by atoms with E-state index in [1.807, 2.05) is 0 Å². The van der Waals surface area contributed by atoms with Crippen LogP contribution in [0.15, 0.2) is 9.59 Å². The van der Waals surface area contributed by atoms with Crippen LogP contribution in [0.2, 0.25) is 0 Å². The second-order valence-corrected chi connectivity index (χ2v) is 6.72. The number of nitrogens with one attached hydrogen (secondary N) is 2. The molecular formula is C14H16F2N4O3S. The van der Waals surface area contributed by atoms with Crippen molar-refractivity contribution in [3.05, 3.63) is 31.3 Å². The zero-order valence-corrected chi connectivity index (χ0v) is 13.7. The molecule has 1 amide bonds. The Balaban J connectivity index is 2.22. The van der Waals surface area contributed by atoms with Crippen LogP contribution in [0.4, 0.5) is 8.78 Å². The fraction of sp³-hybridized carbons (Fsp3) is 0.500. The average Bonchev–Trinajstić information content (AvgIpc) is 3.29. The minimum absolute atomic E-state index is 0.198. The number of nitrogens with zero attached hydrogens (tertiary/aromatic N) is 2. The molecule has 130 valence electrons. The lowest BCUT2D eigenvalue weighted by Gasteiger charge is -2.11. The van der Waals surface area contributed by atoms with Crippen molar-refractivity contribution >= 4 is 28.0 Å². The SMILES string of the molecule is Cc1c(CNNC=O)sc2c1c(=O)n(C1CC1)c(=O)n2CC(F)F. The van der Waals surface area contributed by atoms with Crippen molar-refractivity contribution in [1.82, 2.24) is 20.0 Å². The average molecular weight is 358 g/mol. The van der Waals surface area contributed by atoms with Gasteiger partial charge in [0.1, 0.15) is 4.83 Å². The number of thiophene rings is 1. The summed E-state index contributed by atoms with van der Waals surface area (Å²) in [5.74, 6) is 0. The van der Waals surface area contributed by atoms with Gasteiger partial charge in [-0.15, -0.1) is 11.3 Å². The highest BCUT2D eigenvalue weighted by molar-refractivity contribution is 7.18. The van der Waals surface area contributed by atoms with Gasteiger partial charge in [-0.25, -0.2) is 19.0 Å². The van der Waals surface area contributed by atoms with Crippen molar-refractivity contribution in [3.8, 4) is 0 Å². The van der Waals surface area contributed by atoms with Gasteiger partial charge < -0.3 is 0 Å². The van der Waals surface area contributed by atoms with Crippen LogP contribution in [0.25, 0.3) is 10.2 Å². The van der Waals surface area contributed by atoms with Gasteiger partial charge in [0.05, 0.1) is 11.9 Å². The molecule has 0 unspecified atom stereocenters. The molecule has 0 spiro atoms. The van der Waals surface area contributed by atoms with Crippen molar-refractivity contribution in [2.75, 3.05) is 0 Å². The highest BCUT2D eigenvalue weighted by Crippen LogP contribution is 2.34. The van der Waals surface area contributed by atoms with E-state index in [9.17, 15) is 23.2 Å². The largest absolute Gasteiger partial charge is 0.332 e. The summed E-state index contributed by atoms with van der Waals surface area (Å²) in [5, 5.41) is 0.301. The zero-order chi connectivity index (χ0) is 17.4. The molecule has 24 heavy (non-hydrogen) atoms. The van der Waals surface area contributed by atoms with E-state index in [1.165, 1.54) is 0 Å². The van der Waals surface area contributed by atoms with Crippen LogP contribution >= 0.6 is 11.3 Å². The van der Waals surface area contributed by atoms with Gasteiger partial charge in [0, 0.05) is 17.5 Å². The summed E-state index contributed by atoms with van der Waals surface area (Å²) in [5.41, 5.74) is 4.46. The van der Waals surface area contributed by atoms with Crippen LogP contribution < -0.4 is 22.1 Å². The Hall–Kier alpha value is -2.07. The molecule has 2 N–H and O–H groups in total. The lowest BCUT2D eigenvalue weighted by molar-refractivity contribution is -0.110. The number of aromatic nitrogens is 2. The Kier molecular flexibility index (Phi) is 4.50. The van der Waals surface area contributed by atoms with Crippen molar-refractivity contribution in [1.29, 1.82) is 0 Å². The summed E-state index contributed by atoms with van der Waals surface area (Å²) in [4.78, 5) is 36.5. The summed E-state index contributed by atoms with van der Waals surface area (Å²) < 4.78 is 28.0. The van der Waals surface area contributed by atoms with Crippen molar-refractivity contribution in [2.45, 2.75) is 45.3 Å². The number of hydrogen-bond donors (Lipinski definition) is 2. The van der Waals surface area contributed by atoms with Crippen LogP contribution in [-0.2, 0) is 17.9 Å². The van der Waals surface area contributed by atoms with Crippen molar-refractivity contribution in [2.24, 2.45) is 0 Å². The summed E-state index contributed by atoms with van der Waals surface area (Å²) >= 11 is 1.11. The molecule has 0 aromatic carbocycles. The van der Waals surface area contributed by atoms with E-state index in [4.69, 9.17) is 0 Å². The lowest BCUT2D eigenvalue weighted by atomic mass is 10.2. The van der Waals surface area contributed by atoms with Crippen LogP contribution in [0, 0.1) is 6.92 Å². The molecule has 2 aromatic rings.